The summed E-state index contributed by atoms with van der Waals surface area (Å²) in [5.74, 6) is -1.10. The molecule has 1 rings (SSSR count). The Bertz CT molecular complexity index is 755. The van der Waals surface area contributed by atoms with Crippen LogP contribution in [0.25, 0.3) is 0 Å². The van der Waals surface area contributed by atoms with E-state index in [-0.39, 0.29) is 31.1 Å². The van der Waals surface area contributed by atoms with E-state index in [4.69, 9.17) is 4.74 Å². The van der Waals surface area contributed by atoms with E-state index in [0.29, 0.717) is 5.82 Å². The van der Waals surface area contributed by atoms with Crippen LogP contribution < -0.4 is 15.4 Å². The van der Waals surface area contributed by atoms with Crippen LogP contribution in [-0.2, 0) is 36.1 Å². The van der Waals surface area contributed by atoms with E-state index in [1.807, 2.05) is 5.32 Å². The SMILES string of the molecule is COCCNC(=O)NC(=O)COC(=O)CCNS(=O)(=O)c1cn(C)c(C)n1. The highest BCUT2D eigenvalue weighted by Gasteiger charge is 2.19. The molecule has 0 bridgehead atoms. The molecule has 12 nitrogen and oxygen atoms in total. The van der Waals surface area contributed by atoms with Crippen molar-refractivity contribution in [2.75, 3.05) is 33.4 Å². The van der Waals surface area contributed by atoms with Crippen LogP contribution >= 0.6 is 0 Å². The van der Waals surface area contributed by atoms with Crippen molar-refractivity contribution < 1.29 is 32.3 Å². The van der Waals surface area contributed by atoms with E-state index in [0.717, 1.165) is 0 Å². The van der Waals surface area contributed by atoms with Gasteiger partial charge in [-0.1, -0.05) is 0 Å². The van der Waals surface area contributed by atoms with Crippen molar-refractivity contribution in [2.24, 2.45) is 7.05 Å². The number of methoxy groups -OCH3 is 1. The first-order valence-corrected chi connectivity index (χ1v) is 9.36. The maximum Gasteiger partial charge on any atom is 0.321 e. The van der Waals surface area contributed by atoms with E-state index in [1.54, 1.807) is 18.5 Å². The summed E-state index contributed by atoms with van der Waals surface area (Å²) in [5, 5.41) is 4.16. The van der Waals surface area contributed by atoms with E-state index in [9.17, 15) is 22.8 Å². The van der Waals surface area contributed by atoms with Gasteiger partial charge in [0.1, 0.15) is 5.82 Å². The van der Waals surface area contributed by atoms with Gasteiger partial charge >= 0.3 is 12.0 Å². The van der Waals surface area contributed by atoms with E-state index in [2.05, 4.69) is 19.8 Å². The Hall–Kier alpha value is -2.51. The summed E-state index contributed by atoms with van der Waals surface area (Å²) in [6, 6.07) is -0.744. The summed E-state index contributed by atoms with van der Waals surface area (Å²) in [5.41, 5.74) is 0. The number of aryl methyl sites for hydroxylation is 2. The molecule has 0 radical (unpaired) electrons. The first kappa shape index (κ1) is 22.5. The number of sulfonamides is 1. The third kappa shape index (κ3) is 8.15. The van der Waals surface area contributed by atoms with Gasteiger partial charge in [-0.2, -0.15) is 0 Å². The molecule has 0 saturated carbocycles. The number of aromatic nitrogens is 2. The normalized spacial score (nSPS) is 11.1. The molecule has 13 heteroatoms. The molecule has 3 amide bonds. The summed E-state index contributed by atoms with van der Waals surface area (Å²) in [6.45, 7) is 1.26. The van der Waals surface area contributed by atoms with Crippen molar-refractivity contribution in [1.82, 2.24) is 24.9 Å². The smallest absolute Gasteiger partial charge is 0.321 e. The molecule has 1 aromatic rings. The number of imide groups is 1. The number of hydrogen-bond donors (Lipinski definition) is 3. The van der Waals surface area contributed by atoms with Gasteiger partial charge in [-0.3, -0.25) is 14.9 Å². The molecule has 1 aromatic heterocycles. The Labute approximate surface area is 156 Å². The van der Waals surface area contributed by atoms with Gasteiger partial charge in [-0.05, 0) is 6.92 Å². The van der Waals surface area contributed by atoms with Crippen LogP contribution in [0, 0.1) is 6.92 Å². The molecule has 0 aliphatic carbocycles. The largest absolute Gasteiger partial charge is 0.456 e. The lowest BCUT2D eigenvalue weighted by atomic mass is 10.4. The van der Waals surface area contributed by atoms with Crippen LogP contribution in [0.5, 0.6) is 0 Å². The number of imidazole rings is 1. The number of amides is 3. The first-order chi connectivity index (χ1) is 12.7. The molecule has 0 saturated heterocycles. The monoisotopic (exact) mass is 405 g/mol. The van der Waals surface area contributed by atoms with Crippen LogP contribution in [0.1, 0.15) is 12.2 Å². The molecule has 0 aromatic carbocycles. The summed E-state index contributed by atoms with van der Waals surface area (Å²) in [7, 11) is -0.734. The number of carbonyl (C=O) groups is 3. The zero-order valence-electron chi connectivity index (χ0n) is 15.3. The molecule has 0 atom stereocenters. The summed E-state index contributed by atoms with van der Waals surface area (Å²) < 4.78 is 37.2. The second-order valence-electron chi connectivity index (χ2n) is 5.34. The van der Waals surface area contributed by atoms with Crippen molar-refractivity contribution in [3.05, 3.63) is 12.0 Å². The van der Waals surface area contributed by atoms with Crippen molar-refractivity contribution in [3.8, 4) is 0 Å². The molecule has 3 N–H and O–H groups in total. The minimum atomic E-state index is -3.85. The Kier molecular flexibility index (Phi) is 8.84. The van der Waals surface area contributed by atoms with Crippen molar-refractivity contribution in [3.63, 3.8) is 0 Å². The van der Waals surface area contributed by atoms with Crippen LogP contribution in [0.4, 0.5) is 4.79 Å². The van der Waals surface area contributed by atoms with Crippen molar-refractivity contribution in [2.45, 2.75) is 18.4 Å². The van der Waals surface area contributed by atoms with Crippen molar-refractivity contribution >= 4 is 27.9 Å². The molecule has 1 heterocycles. The fraction of sp³-hybridized carbons (Fsp3) is 0.571. The van der Waals surface area contributed by atoms with Crippen LogP contribution in [0.15, 0.2) is 11.2 Å². The molecule has 0 aliphatic rings. The molecule has 0 spiro atoms. The number of rotatable bonds is 10. The highest BCUT2D eigenvalue weighted by Crippen LogP contribution is 2.07. The fourth-order valence-corrected chi connectivity index (χ4v) is 2.78. The van der Waals surface area contributed by atoms with Gasteiger partial charge in [0.05, 0.1) is 13.0 Å². The average Bonchev–Trinajstić information content (AvgIpc) is 2.93. The topological polar surface area (TPSA) is 158 Å². The predicted octanol–water partition coefficient (Wildman–Crippen LogP) is -1.59. The number of urea groups is 1. The lowest BCUT2D eigenvalue weighted by Crippen LogP contribution is -2.42. The molecule has 152 valence electrons. The highest BCUT2D eigenvalue weighted by atomic mass is 32.2. The Morgan fingerprint density at radius 2 is 1.96 bits per heavy atom. The van der Waals surface area contributed by atoms with E-state index in [1.165, 1.54) is 13.3 Å². The van der Waals surface area contributed by atoms with E-state index < -0.39 is 34.5 Å². The summed E-state index contributed by atoms with van der Waals surface area (Å²) in [6.07, 6.45) is 1.05. The average molecular weight is 405 g/mol. The number of carbonyl (C=O) groups excluding carboxylic acids is 3. The lowest BCUT2D eigenvalue weighted by molar-refractivity contribution is -0.148. The van der Waals surface area contributed by atoms with E-state index >= 15 is 0 Å². The molecular weight excluding hydrogens is 382 g/mol. The third-order valence-corrected chi connectivity index (χ3v) is 4.52. The van der Waals surface area contributed by atoms with Gasteiger partial charge in [-0.25, -0.2) is 22.9 Å². The molecule has 0 fully saturated rings. The maximum absolute atomic E-state index is 12.0. The van der Waals surface area contributed by atoms with Crippen LogP contribution in [-0.4, -0.2) is 69.3 Å². The number of nitrogens with zero attached hydrogens (tertiary/aromatic N) is 2. The minimum Gasteiger partial charge on any atom is -0.456 e. The number of hydrogen-bond acceptors (Lipinski definition) is 8. The Morgan fingerprint density at radius 3 is 2.56 bits per heavy atom. The molecule has 0 aliphatic heterocycles. The van der Waals surface area contributed by atoms with Gasteiger partial charge < -0.3 is 19.4 Å². The van der Waals surface area contributed by atoms with Gasteiger partial charge in [-0.15, -0.1) is 0 Å². The molecular formula is C14H23N5O7S. The number of esters is 1. The number of nitrogens with one attached hydrogen (secondary N) is 3. The highest BCUT2D eigenvalue weighted by molar-refractivity contribution is 7.89. The lowest BCUT2D eigenvalue weighted by Gasteiger charge is -2.07. The van der Waals surface area contributed by atoms with Gasteiger partial charge in [0.2, 0.25) is 0 Å². The predicted molar refractivity (Wildman–Crippen MR) is 92.1 cm³/mol. The van der Waals surface area contributed by atoms with Crippen LogP contribution in [0.2, 0.25) is 0 Å². The second-order valence-corrected chi connectivity index (χ2v) is 7.06. The second kappa shape index (κ2) is 10.6. The molecule has 27 heavy (non-hydrogen) atoms. The molecule has 0 unspecified atom stereocenters. The van der Waals surface area contributed by atoms with Gasteiger partial charge in [0.25, 0.3) is 15.9 Å². The van der Waals surface area contributed by atoms with Gasteiger partial charge in [0.15, 0.2) is 11.6 Å². The summed E-state index contributed by atoms with van der Waals surface area (Å²) in [4.78, 5) is 38.2. The Morgan fingerprint density at radius 1 is 1.26 bits per heavy atom. The standard InChI is InChI=1S/C14H23N5O7S/c1-10-17-12(8-19(10)2)27(23,24)16-5-4-13(21)26-9-11(20)18-14(22)15-6-7-25-3/h8,16H,4-7,9H2,1-3H3,(H2,15,18,20,22). The quantitative estimate of drug-likeness (QED) is 0.311. The fourth-order valence-electron chi connectivity index (χ4n) is 1.71. The summed E-state index contributed by atoms with van der Waals surface area (Å²) >= 11 is 0. The van der Waals surface area contributed by atoms with Gasteiger partial charge in [0, 0.05) is 33.4 Å². The first-order valence-electron chi connectivity index (χ1n) is 7.87. The zero-order valence-corrected chi connectivity index (χ0v) is 16.1. The van der Waals surface area contributed by atoms with Crippen molar-refractivity contribution in [1.29, 1.82) is 0 Å². The zero-order chi connectivity index (χ0) is 20.4. The van der Waals surface area contributed by atoms with Crippen LogP contribution in [0.3, 0.4) is 0 Å². The third-order valence-electron chi connectivity index (χ3n) is 3.19. The number of ether oxygens (including phenoxy) is 2. The Balaban J connectivity index is 2.29. The minimum absolute atomic E-state index is 0.158. The maximum atomic E-state index is 12.0.